The monoisotopic (exact) mass is 229 g/mol. The van der Waals surface area contributed by atoms with Gasteiger partial charge in [-0.1, -0.05) is 39.0 Å². The van der Waals surface area contributed by atoms with Crippen LogP contribution in [0.4, 0.5) is 0 Å². The van der Waals surface area contributed by atoms with Crippen LogP contribution in [0.15, 0.2) is 30.5 Å². The molecule has 0 aliphatic heterocycles. The smallest absolute Gasteiger partial charge is 0.0523 e. The van der Waals surface area contributed by atoms with E-state index in [0.717, 1.165) is 0 Å². The molecule has 0 amide bonds. The van der Waals surface area contributed by atoms with Crippen molar-refractivity contribution in [2.75, 3.05) is 0 Å². The molecular formula is C16H23N. The molecule has 0 saturated heterocycles. The van der Waals surface area contributed by atoms with E-state index in [2.05, 4.69) is 76.6 Å². The zero-order valence-electron chi connectivity index (χ0n) is 11.8. The molecule has 0 spiro atoms. The summed E-state index contributed by atoms with van der Waals surface area (Å²) in [5.41, 5.74) is 3.12. The Labute approximate surface area is 104 Å². The second-order valence-corrected chi connectivity index (χ2v) is 6.85. The average Bonchev–Trinajstić information content (AvgIpc) is 2.57. The summed E-state index contributed by atoms with van der Waals surface area (Å²) >= 11 is 0. The predicted molar refractivity (Wildman–Crippen MR) is 75.6 cm³/mol. The summed E-state index contributed by atoms with van der Waals surface area (Å²) in [7, 11) is 0. The largest absolute Gasteiger partial charge is 0.342 e. The van der Waals surface area contributed by atoms with Crippen LogP contribution in [0.2, 0.25) is 0 Å². The molecular weight excluding hydrogens is 206 g/mol. The van der Waals surface area contributed by atoms with Gasteiger partial charge in [-0.05, 0) is 43.2 Å². The Morgan fingerprint density at radius 1 is 0.882 bits per heavy atom. The van der Waals surface area contributed by atoms with Gasteiger partial charge in [0.15, 0.2) is 0 Å². The van der Waals surface area contributed by atoms with Crippen LogP contribution >= 0.6 is 0 Å². The van der Waals surface area contributed by atoms with Crippen LogP contribution in [0.1, 0.15) is 47.1 Å². The number of fused-ring (bicyclic) bond motifs is 1. The summed E-state index contributed by atoms with van der Waals surface area (Å²) < 4.78 is 2.39. The van der Waals surface area contributed by atoms with Crippen molar-refractivity contribution < 1.29 is 0 Å². The molecule has 0 bridgehead atoms. The van der Waals surface area contributed by atoms with Gasteiger partial charge < -0.3 is 4.57 Å². The highest BCUT2D eigenvalue weighted by molar-refractivity contribution is 5.84. The maximum Gasteiger partial charge on any atom is 0.0523 e. The Morgan fingerprint density at radius 2 is 1.53 bits per heavy atom. The third-order valence-electron chi connectivity index (χ3n) is 3.24. The summed E-state index contributed by atoms with van der Waals surface area (Å²) in [4.78, 5) is 0. The molecule has 0 unspecified atom stereocenters. The molecule has 0 N–H and O–H groups in total. The molecule has 92 valence electrons. The molecule has 0 fully saturated rings. The molecule has 0 aliphatic rings. The molecule has 1 nitrogen and oxygen atoms in total. The van der Waals surface area contributed by atoms with Gasteiger partial charge in [-0.3, -0.25) is 0 Å². The van der Waals surface area contributed by atoms with Crippen molar-refractivity contribution in [3.63, 3.8) is 0 Å². The lowest BCUT2D eigenvalue weighted by Gasteiger charge is -2.27. The SMILES string of the molecule is CC(C)(C)c1cccc2ccn(C(C)(C)C)c12. The molecule has 1 heteroatoms. The van der Waals surface area contributed by atoms with Gasteiger partial charge >= 0.3 is 0 Å². The molecule has 0 radical (unpaired) electrons. The van der Waals surface area contributed by atoms with Gasteiger partial charge in [0.05, 0.1) is 5.52 Å². The molecule has 1 aromatic carbocycles. The highest BCUT2D eigenvalue weighted by Gasteiger charge is 2.22. The number of nitrogens with zero attached hydrogens (tertiary/aromatic N) is 1. The van der Waals surface area contributed by atoms with E-state index in [1.807, 2.05) is 0 Å². The number of hydrogen-bond acceptors (Lipinski definition) is 0. The first-order chi connectivity index (χ1) is 7.71. The zero-order valence-corrected chi connectivity index (χ0v) is 11.8. The first-order valence-electron chi connectivity index (χ1n) is 6.32. The topological polar surface area (TPSA) is 4.93 Å². The fraction of sp³-hybridized carbons (Fsp3) is 0.500. The summed E-state index contributed by atoms with van der Waals surface area (Å²) in [6.07, 6.45) is 2.21. The minimum absolute atomic E-state index is 0.128. The van der Waals surface area contributed by atoms with Gasteiger partial charge in [-0.15, -0.1) is 0 Å². The molecule has 0 aliphatic carbocycles. The van der Waals surface area contributed by atoms with Crippen molar-refractivity contribution >= 4 is 10.9 Å². The van der Waals surface area contributed by atoms with Crippen molar-refractivity contribution in [1.82, 2.24) is 4.57 Å². The summed E-state index contributed by atoms with van der Waals surface area (Å²) in [5, 5.41) is 1.34. The van der Waals surface area contributed by atoms with E-state index in [-0.39, 0.29) is 11.0 Å². The standard InChI is InChI=1S/C16H23N/c1-15(2,3)13-9-7-8-12-10-11-17(14(12)13)16(4,5)6/h7-11H,1-6H3. The summed E-state index contributed by atoms with van der Waals surface area (Å²) in [5.74, 6) is 0. The van der Waals surface area contributed by atoms with Crippen molar-refractivity contribution in [3.05, 3.63) is 36.0 Å². The lowest BCUT2D eigenvalue weighted by molar-refractivity contribution is 0.408. The summed E-state index contributed by atoms with van der Waals surface area (Å²) in [6, 6.07) is 8.84. The second kappa shape index (κ2) is 3.63. The number of aromatic nitrogens is 1. The molecule has 0 atom stereocenters. The predicted octanol–water partition coefficient (Wildman–Crippen LogP) is 4.69. The van der Waals surface area contributed by atoms with Crippen LogP contribution in [0, 0.1) is 0 Å². The van der Waals surface area contributed by atoms with Crippen molar-refractivity contribution in [1.29, 1.82) is 0 Å². The lowest BCUT2D eigenvalue weighted by atomic mass is 9.85. The first-order valence-corrected chi connectivity index (χ1v) is 6.32. The van der Waals surface area contributed by atoms with Crippen molar-refractivity contribution in [2.45, 2.75) is 52.5 Å². The van der Waals surface area contributed by atoms with Gasteiger partial charge in [0.25, 0.3) is 0 Å². The van der Waals surface area contributed by atoms with E-state index < -0.39 is 0 Å². The van der Waals surface area contributed by atoms with E-state index in [1.54, 1.807) is 0 Å². The molecule has 2 aromatic rings. The molecule has 17 heavy (non-hydrogen) atoms. The Balaban J connectivity index is 2.82. The Hall–Kier alpha value is -1.24. The highest BCUT2D eigenvalue weighted by atomic mass is 15.0. The van der Waals surface area contributed by atoms with E-state index in [9.17, 15) is 0 Å². The quantitative estimate of drug-likeness (QED) is 0.617. The number of hydrogen-bond donors (Lipinski definition) is 0. The van der Waals surface area contributed by atoms with Crippen LogP contribution in [-0.4, -0.2) is 4.57 Å². The Kier molecular flexibility index (Phi) is 2.61. The Morgan fingerprint density at radius 3 is 2.06 bits per heavy atom. The van der Waals surface area contributed by atoms with Crippen molar-refractivity contribution in [2.24, 2.45) is 0 Å². The zero-order chi connectivity index (χ0) is 12.8. The minimum Gasteiger partial charge on any atom is -0.342 e. The van der Waals surface area contributed by atoms with Crippen LogP contribution in [0.3, 0.4) is 0 Å². The normalized spacial score (nSPS) is 13.3. The first kappa shape index (κ1) is 12.2. The maximum atomic E-state index is 2.39. The maximum absolute atomic E-state index is 2.39. The van der Waals surface area contributed by atoms with E-state index in [1.165, 1.54) is 16.5 Å². The van der Waals surface area contributed by atoms with Crippen LogP contribution in [-0.2, 0) is 11.0 Å². The van der Waals surface area contributed by atoms with Gasteiger partial charge in [0, 0.05) is 11.7 Å². The van der Waals surface area contributed by atoms with E-state index in [0.29, 0.717) is 0 Å². The van der Waals surface area contributed by atoms with Crippen LogP contribution in [0.25, 0.3) is 10.9 Å². The van der Waals surface area contributed by atoms with Gasteiger partial charge in [-0.2, -0.15) is 0 Å². The molecule has 2 rings (SSSR count). The summed E-state index contributed by atoms with van der Waals surface area (Å²) in [6.45, 7) is 13.6. The van der Waals surface area contributed by atoms with Gasteiger partial charge in [-0.25, -0.2) is 0 Å². The third kappa shape index (κ3) is 2.11. The number of para-hydroxylation sites is 1. The average molecular weight is 229 g/mol. The third-order valence-corrected chi connectivity index (χ3v) is 3.24. The molecule has 0 saturated carbocycles. The highest BCUT2D eigenvalue weighted by Crippen LogP contribution is 2.33. The number of benzene rings is 1. The fourth-order valence-corrected chi connectivity index (χ4v) is 2.36. The molecule has 1 heterocycles. The second-order valence-electron chi connectivity index (χ2n) is 6.85. The van der Waals surface area contributed by atoms with E-state index in [4.69, 9.17) is 0 Å². The van der Waals surface area contributed by atoms with Crippen LogP contribution < -0.4 is 0 Å². The van der Waals surface area contributed by atoms with Gasteiger partial charge in [0.1, 0.15) is 0 Å². The van der Waals surface area contributed by atoms with Crippen molar-refractivity contribution in [3.8, 4) is 0 Å². The minimum atomic E-state index is 0.128. The fourth-order valence-electron chi connectivity index (χ4n) is 2.36. The van der Waals surface area contributed by atoms with E-state index >= 15 is 0 Å². The Bertz CT molecular complexity index is 533. The molecule has 1 aromatic heterocycles. The van der Waals surface area contributed by atoms with Crippen LogP contribution in [0.5, 0.6) is 0 Å². The van der Waals surface area contributed by atoms with Gasteiger partial charge in [0.2, 0.25) is 0 Å². The lowest BCUT2D eigenvalue weighted by Crippen LogP contribution is -2.23. The number of rotatable bonds is 0.